The number of nitrogens with zero attached hydrogens (tertiary/aromatic N) is 4. The number of hydrogen-bond acceptors (Lipinski definition) is 6. The smallest absolute Gasteiger partial charge is 0.226 e. The Morgan fingerprint density at radius 2 is 1.89 bits per heavy atom. The zero-order chi connectivity index (χ0) is 26.8. The van der Waals surface area contributed by atoms with Crippen molar-refractivity contribution < 1.29 is 18.7 Å². The van der Waals surface area contributed by atoms with E-state index in [0.29, 0.717) is 43.0 Å². The highest BCUT2D eigenvalue weighted by molar-refractivity contribution is 7.17. The number of hydrogen-bond donors (Lipinski definition) is 0. The molecule has 1 unspecified atom stereocenters. The van der Waals surface area contributed by atoms with Crippen LogP contribution in [0.3, 0.4) is 0 Å². The molecule has 7 nitrogen and oxygen atoms in total. The van der Waals surface area contributed by atoms with Crippen molar-refractivity contribution in [2.45, 2.75) is 19.3 Å². The fourth-order valence-corrected chi connectivity index (χ4v) is 5.44. The average Bonchev–Trinajstić information content (AvgIpc) is 3.40. The minimum Gasteiger partial charge on any atom is -0.492 e. The zero-order valence-corrected chi connectivity index (χ0v) is 22.4. The fourth-order valence-electron chi connectivity index (χ4n) is 4.55. The number of rotatable bonds is 7. The van der Waals surface area contributed by atoms with Gasteiger partial charge in [-0.15, -0.1) is 21.5 Å². The minimum absolute atomic E-state index is 0.0434. The van der Waals surface area contributed by atoms with E-state index < -0.39 is 5.82 Å². The Morgan fingerprint density at radius 1 is 1.13 bits per heavy atom. The second kappa shape index (κ2) is 10.9. The van der Waals surface area contributed by atoms with Crippen LogP contribution in [0.2, 0.25) is 0 Å². The quantitative estimate of drug-likeness (QED) is 0.333. The number of amides is 2. The highest BCUT2D eigenvalue weighted by atomic mass is 32.1. The first kappa shape index (κ1) is 25.8. The Morgan fingerprint density at radius 3 is 2.63 bits per heavy atom. The van der Waals surface area contributed by atoms with Crippen LogP contribution in [0.1, 0.15) is 18.4 Å². The number of aromatic nitrogens is 2. The first-order chi connectivity index (χ1) is 18.3. The van der Waals surface area contributed by atoms with Gasteiger partial charge in [-0.2, -0.15) is 0 Å². The zero-order valence-electron chi connectivity index (χ0n) is 21.6. The number of halogens is 1. The van der Waals surface area contributed by atoms with Crippen LogP contribution in [0.5, 0.6) is 5.75 Å². The van der Waals surface area contributed by atoms with E-state index in [-0.39, 0.29) is 17.7 Å². The van der Waals surface area contributed by atoms with E-state index in [9.17, 15) is 14.0 Å². The Bertz CT molecular complexity index is 1490. The summed E-state index contributed by atoms with van der Waals surface area (Å²) in [4.78, 5) is 27.4. The van der Waals surface area contributed by atoms with Gasteiger partial charge in [-0.05, 0) is 35.6 Å². The number of fused-ring (bicyclic) bond motifs is 1. The van der Waals surface area contributed by atoms with Crippen LogP contribution in [-0.2, 0) is 16.0 Å². The summed E-state index contributed by atoms with van der Waals surface area (Å²) in [5.74, 6) is 0.220. The van der Waals surface area contributed by atoms with E-state index in [2.05, 4.69) is 10.2 Å². The summed E-state index contributed by atoms with van der Waals surface area (Å²) in [7, 11) is 5.29. The van der Waals surface area contributed by atoms with Gasteiger partial charge >= 0.3 is 0 Å². The normalized spacial score (nSPS) is 15.6. The third kappa shape index (κ3) is 5.38. The molecule has 2 aromatic carbocycles. The lowest BCUT2D eigenvalue weighted by atomic mass is 9.97. The number of ether oxygens (including phenoxy) is 1. The standard InChI is InChI=1S/C29H29FN4O3S/c1-33(2)25(35)14-18-4-6-20(7-5-18)27-23-11-13-38-29(23)28(32-31-27)22-9-8-21(30)16-24(22)37-17-19-10-12-34(3)26(36)15-19/h4-9,11,13,16,19H,10,12,14-15,17H2,1-3H3. The monoisotopic (exact) mass is 532 g/mol. The molecule has 5 rings (SSSR count). The van der Waals surface area contributed by atoms with Gasteiger partial charge in [0.05, 0.1) is 17.7 Å². The number of carbonyl (C=O) groups is 2. The summed E-state index contributed by atoms with van der Waals surface area (Å²) in [6.45, 7) is 1.02. The maximum Gasteiger partial charge on any atom is 0.226 e. The predicted octanol–water partition coefficient (Wildman–Crippen LogP) is 5.04. The summed E-state index contributed by atoms with van der Waals surface area (Å²) in [5.41, 5.74) is 3.86. The molecule has 0 bridgehead atoms. The van der Waals surface area contributed by atoms with Crippen molar-refractivity contribution in [2.24, 2.45) is 5.92 Å². The molecule has 9 heteroatoms. The van der Waals surface area contributed by atoms with Crippen molar-refractivity contribution in [3.63, 3.8) is 0 Å². The lowest BCUT2D eigenvalue weighted by Crippen LogP contribution is -2.37. The summed E-state index contributed by atoms with van der Waals surface area (Å²) >= 11 is 1.54. The molecule has 2 amide bonds. The molecule has 2 aromatic heterocycles. The molecule has 1 atom stereocenters. The van der Waals surface area contributed by atoms with Gasteiger partial charge in [-0.3, -0.25) is 9.59 Å². The predicted molar refractivity (Wildman–Crippen MR) is 146 cm³/mol. The Hall–Kier alpha value is -3.85. The lowest BCUT2D eigenvalue weighted by molar-refractivity contribution is -0.134. The van der Waals surface area contributed by atoms with Crippen molar-refractivity contribution in [3.8, 4) is 28.3 Å². The van der Waals surface area contributed by atoms with E-state index >= 15 is 0 Å². The summed E-state index contributed by atoms with van der Waals surface area (Å²) in [6, 6.07) is 14.2. The van der Waals surface area contributed by atoms with Gasteiger partial charge in [0, 0.05) is 62.6 Å². The minimum atomic E-state index is -0.400. The van der Waals surface area contributed by atoms with E-state index in [1.54, 1.807) is 37.0 Å². The molecule has 1 aliphatic heterocycles. The van der Waals surface area contributed by atoms with Crippen LogP contribution in [0.15, 0.2) is 53.9 Å². The summed E-state index contributed by atoms with van der Waals surface area (Å²) in [6.07, 6.45) is 1.61. The molecule has 38 heavy (non-hydrogen) atoms. The third-order valence-electron chi connectivity index (χ3n) is 6.90. The highest BCUT2D eigenvalue weighted by Gasteiger charge is 2.25. The van der Waals surface area contributed by atoms with Crippen LogP contribution >= 0.6 is 11.3 Å². The number of likely N-dealkylation sites (tertiary alicyclic amines) is 1. The van der Waals surface area contributed by atoms with Crippen molar-refractivity contribution in [2.75, 3.05) is 34.3 Å². The molecular formula is C29H29FN4O3S. The second-order valence-electron chi connectivity index (χ2n) is 9.85. The van der Waals surface area contributed by atoms with E-state index in [1.165, 1.54) is 23.5 Å². The highest BCUT2D eigenvalue weighted by Crippen LogP contribution is 2.39. The van der Waals surface area contributed by atoms with Gasteiger partial charge < -0.3 is 14.5 Å². The molecule has 0 aliphatic carbocycles. The number of benzene rings is 2. The largest absolute Gasteiger partial charge is 0.492 e. The van der Waals surface area contributed by atoms with Gasteiger partial charge in [-0.1, -0.05) is 24.3 Å². The van der Waals surface area contributed by atoms with Crippen molar-refractivity contribution in [1.29, 1.82) is 0 Å². The van der Waals surface area contributed by atoms with Gasteiger partial charge in [0.25, 0.3) is 0 Å². The fraction of sp³-hybridized carbons (Fsp3) is 0.310. The maximum absolute atomic E-state index is 14.2. The van der Waals surface area contributed by atoms with Crippen LogP contribution < -0.4 is 4.74 Å². The number of likely N-dealkylation sites (N-methyl/N-ethyl adjacent to an activating group) is 1. The van der Waals surface area contributed by atoms with E-state index in [4.69, 9.17) is 4.74 Å². The lowest BCUT2D eigenvalue weighted by Gasteiger charge is -2.28. The molecule has 0 radical (unpaired) electrons. The number of carbonyl (C=O) groups excluding carboxylic acids is 2. The average molecular weight is 533 g/mol. The molecule has 0 N–H and O–H groups in total. The van der Waals surface area contributed by atoms with E-state index in [0.717, 1.165) is 33.3 Å². The van der Waals surface area contributed by atoms with Gasteiger partial charge in [-0.25, -0.2) is 4.39 Å². The van der Waals surface area contributed by atoms with Crippen molar-refractivity contribution in [3.05, 3.63) is 65.3 Å². The molecule has 0 saturated carbocycles. The molecule has 1 saturated heterocycles. The molecule has 1 aliphatic rings. The van der Waals surface area contributed by atoms with Crippen LogP contribution in [0.4, 0.5) is 4.39 Å². The van der Waals surface area contributed by atoms with Crippen LogP contribution in [0, 0.1) is 11.7 Å². The molecule has 4 aromatic rings. The summed E-state index contributed by atoms with van der Waals surface area (Å²) < 4.78 is 21.3. The Balaban J connectivity index is 1.43. The van der Waals surface area contributed by atoms with Gasteiger partial charge in [0.2, 0.25) is 11.8 Å². The molecule has 3 heterocycles. The third-order valence-corrected chi connectivity index (χ3v) is 7.82. The first-order valence-corrected chi connectivity index (χ1v) is 13.4. The molecular weight excluding hydrogens is 503 g/mol. The van der Waals surface area contributed by atoms with Crippen LogP contribution in [-0.4, -0.2) is 66.1 Å². The van der Waals surface area contributed by atoms with Gasteiger partial charge in [0.15, 0.2) is 0 Å². The number of thiophene rings is 1. The van der Waals surface area contributed by atoms with Gasteiger partial charge in [0.1, 0.15) is 23.0 Å². The number of piperidine rings is 1. The first-order valence-electron chi connectivity index (χ1n) is 12.5. The molecule has 196 valence electrons. The second-order valence-corrected chi connectivity index (χ2v) is 10.8. The van der Waals surface area contributed by atoms with Crippen LogP contribution in [0.25, 0.3) is 32.6 Å². The Labute approximate surface area is 224 Å². The topological polar surface area (TPSA) is 75.6 Å². The SMILES string of the molecule is CN(C)C(=O)Cc1ccc(-c2nnc(-c3ccc(F)cc3OCC3CCN(C)C(=O)C3)c3sccc23)cc1. The van der Waals surface area contributed by atoms with E-state index in [1.807, 2.05) is 35.7 Å². The summed E-state index contributed by atoms with van der Waals surface area (Å²) in [5, 5.41) is 12.0. The molecule has 1 fully saturated rings. The van der Waals surface area contributed by atoms with Crippen molar-refractivity contribution in [1.82, 2.24) is 20.0 Å². The molecule has 0 spiro atoms. The van der Waals surface area contributed by atoms with Crippen molar-refractivity contribution >= 4 is 33.2 Å². The maximum atomic E-state index is 14.2. The Kier molecular flexibility index (Phi) is 7.37.